The quantitative estimate of drug-likeness (QED) is 0.284. The molecule has 0 radical (unpaired) electrons. The molecular formula is C25H33N3O10S. The summed E-state index contributed by atoms with van der Waals surface area (Å²) >= 11 is 0. The van der Waals surface area contributed by atoms with Crippen LogP contribution in [0.5, 0.6) is 0 Å². The van der Waals surface area contributed by atoms with Crippen molar-refractivity contribution in [2.45, 2.75) is 83.2 Å². The van der Waals surface area contributed by atoms with Crippen LogP contribution in [0.2, 0.25) is 0 Å². The van der Waals surface area contributed by atoms with Crippen LogP contribution in [0, 0.1) is 27.9 Å². The molecule has 13 nitrogen and oxygen atoms in total. The van der Waals surface area contributed by atoms with Crippen molar-refractivity contribution in [3.63, 3.8) is 0 Å². The molecule has 1 saturated heterocycles. The van der Waals surface area contributed by atoms with E-state index in [1.807, 2.05) is 0 Å². The first-order valence-electron chi connectivity index (χ1n) is 12.1. The van der Waals surface area contributed by atoms with Gasteiger partial charge in [0.15, 0.2) is 29.4 Å². The van der Waals surface area contributed by atoms with Gasteiger partial charge in [0.1, 0.15) is 12.3 Å². The van der Waals surface area contributed by atoms with Crippen LogP contribution in [0.1, 0.15) is 58.9 Å². The summed E-state index contributed by atoms with van der Waals surface area (Å²) in [6.45, 7) is 11.0. The molecule has 0 aliphatic carbocycles. The Morgan fingerprint density at radius 2 is 1.62 bits per heavy atom. The number of aromatic amines is 1. The number of aromatic nitrogens is 2. The first-order valence-corrected chi connectivity index (χ1v) is 13.6. The molecule has 214 valence electrons. The number of nitrogens with zero attached hydrogens (tertiary/aromatic N) is 2. The minimum atomic E-state index is -4.49. The van der Waals surface area contributed by atoms with Gasteiger partial charge >= 0.3 is 17.9 Å². The second-order valence-corrected chi connectivity index (χ2v) is 13.4. The average Bonchev–Trinajstić information content (AvgIpc) is 3.43. The molecule has 14 heteroatoms. The smallest absolute Gasteiger partial charge is 0.432 e. The van der Waals surface area contributed by atoms with E-state index in [0.717, 1.165) is 6.20 Å². The molecule has 2 N–H and O–H groups in total. The number of imidazole rings is 1. The van der Waals surface area contributed by atoms with Gasteiger partial charge in [-0.1, -0.05) is 23.2 Å². The summed E-state index contributed by atoms with van der Waals surface area (Å²) in [5, 5.41) is 22.5. The Hall–Kier alpha value is -3.36. The second-order valence-electron chi connectivity index (χ2n) is 11.4. The first kappa shape index (κ1) is 30.2. The Morgan fingerprint density at radius 3 is 2.10 bits per heavy atom. The molecule has 2 heterocycles. The third kappa shape index (κ3) is 6.28. The van der Waals surface area contributed by atoms with Gasteiger partial charge in [0.05, 0.1) is 15.7 Å². The number of ether oxygens (including phenoxy) is 3. The molecule has 2 aromatic rings. The van der Waals surface area contributed by atoms with Crippen molar-refractivity contribution in [1.82, 2.24) is 9.97 Å². The van der Waals surface area contributed by atoms with Crippen molar-refractivity contribution in [3.8, 4) is 0 Å². The minimum Gasteiger partial charge on any atom is -0.455 e. The van der Waals surface area contributed by atoms with E-state index in [1.165, 1.54) is 12.1 Å². The lowest BCUT2D eigenvalue weighted by Gasteiger charge is -2.30. The normalized spacial score (nSPS) is 22.8. The van der Waals surface area contributed by atoms with Crippen LogP contribution < -0.4 is 0 Å². The van der Waals surface area contributed by atoms with E-state index in [1.54, 1.807) is 60.6 Å². The van der Waals surface area contributed by atoms with Crippen molar-refractivity contribution < 1.29 is 42.2 Å². The highest BCUT2D eigenvalue weighted by Gasteiger charge is 2.58. The Balaban J connectivity index is 2.15. The van der Waals surface area contributed by atoms with Crippen LogP contribution in [0.3, 0.4) is 0 Å². The molecule has 5 atom stereocenters. The standard InChI is InChI=1S/C25H33N3O10S/c1-13-10-8-9-11-15(13)39(34,35)20(29)19-18(38-22(31)25(5,6)7)17(37-21(30)24(2,3)4)16(36-19)14-12-26-23(27-14)28(32)33/h8-12,16-20,29H,1-7H3,(H,26,27)/t16-,17-,18+,19+,20?/m1/s1. The van der Waals surface area contributed by atoms with Crippen LogP contribution in [-0.4, -0.2) is 64.1 Å². The van der Waals surface area contributed by atoms with Gasteiger partial charge in [-0.2, -0.15) is 0 Å². The highest BCUT2D eigenvalue weighted by Crippen LogP contribution is 2.42. The minimum absolute atomic E-state index is 0.117. The van der Waals surface area contributed by atoms with Crippen LogP contribution in [0.4, 0.5) is 5.95 Å². The van der Waals surface area contributed by atoms with Crippen LogP contribution in [0.25, 0.3) is 0 Å². The van der Waals surface area contributed by atoms with Gasteiger partial charge in [-0.05, 0) is 65.0 Å². The number of nitrogens with one attached hydrogen (secondary N) is 1. The number of aryl methyl sites for hydroxylation is 1. The Morgan fingerprint density at radius 1 is 1.08 bits per heavy atom. The van der Waals surface area contributed by atoms with E-state index < -0.39 is 73.3 Å². The predicted octanol–water partition coefficient (Wildman–Crippen LogP) is 2.77. The number of benzene rings is 1. The zero-order chi connectivity index (χ0) is 29.5. The fourth-order valence-corrected chi connectivity index (χ4v) is 5.38. The first-order chi connectivity index (χ1) is 17.9. The molecule has 1 aromatic carbocycles. The highest BCUT2D eigenvalue weighted by molar-refractivity contribution is 7.92. The number of esters is 2. The topological polar surface area (TPSA) is 188 Å². The van der Waals surface area contributed by atoms with Gasteiger partial charge in [0, 0.05) is 0 Å². The molecule has 0 saturated carbocycles. The number of sulfone groups is 1. The molecule has 1 aliphatic heterocycles. The maximum atomic E-state index is 13.5. The monoisotopic (exact) mass is 567 g/mol. The molecule has 1 aliphatic rings. The third-order valence-corrected chi connectivity index (χ3v) is 7.98. The van der Waals surface area contributed by atoms with Crippen molar-refractivity contribution in [2.24, 2.45) is 10.8 Å². The zero-order valence-electron chi connectivity index (χ0n) is 22.7. The number of aliphatic hydroxyl groups is 1. The number of aliphatic hydroxyl groups excluding tert-OH is 1. The summed E-state index contributed by atoms with van der Waals surface area (Å²) in [7, 11) is -4.49. The van der Waals surface area contributed by atoms with Gasteiger partial charge in [0.25, 0.3) is 0 Å². The molecule has 0 amide bonds. The summed E-state index contributed by atoms with van der Waals surface area (Å²) in [6, 6.07) is 5.97. The second kappa shape index (κ2) is 10.7. The van der Waals surface area contributed by atoms with E-state index in [2.05, 4.69) is 9.97 Å². The Bertz CT molecular complexity index is 1360. The maximum absolute atomic E-state index is 13.5. The van der Waals surface area contributed by atoms with Gasteiger partial charge in [-0.3, -0.25) is 9.59 Å². The molecule has 1 unspecified atom stereocenters. The lowest BCUT2D eigenvalue weighted by Crippen LogP contribution is -2.48. The van der Waals surface area contributed by atoms with Gasteiger partial charge in [-0.15, -0.1) is 0 Å². The number of rotatable bonds is 7. The fraction of sp³-hybridized carbons (Fsp3) is 0.560. The van der Waals surface area contributed by atoms with E-state index in [9.17, 15) is 33.2 Å². The van der Waals surface area contributed by atoms with Crippen molar-refractivity contribution in [3.05, 3.63) is 51.8 Å². The van der Waals surface area contributed by atoms with Gasteiger partial charge in [-0.25, -0.2) is 13.4 Å². The van der Waals surface area contributed by atoms with Crippen LogP contribution >= 0.6 is 0 Å². The molecule has 1 aromatic heterocycles. The van der Waals surface area contributed by atoms with E-state index in [0.29, 0.717) is 5.56 Å². The summed E-state index contributed by atoms with van der Waals surface area (Å²) < 4.78 is 44.3. The summed E-state index contributed by atoms with van der Waals surface area (Å²) in [4.78, 5) is 42.4. The molecule has 3 rings (SSSR count). The molecular weight excluding hydrogens is 534 g/mol. The molecule has 39 heavy (non-hydrogen) atoms. The van der Waals surface area contributed by atoms with E-state index >= 15 is 0 Å². The van der Waals surface area contributed by atoms with Gasteiger partial charge < -0.3 is 29.4 Å². The fourth-order valence-electron chi connectivity index (χ4n) is 3.76. The number of carbonyl (C=O) groups is 2. The van der Waals surface area contributed by atoms with Crippen molar-refractivity contribution in [1.29, 1.82) is 0 Å². The summed E-state index contributed by atoms with van der Waals surface area (Å²) in [5.74, 6) is -2.18. The predicted molar refractivity (Wildman–Crippen MR) is 136 cm³/mol. The van der Waals surface area contributed by atoms with Crippen LogP contribution in [-0.2, 0) is 33.6 Å². The molecule has 0 spiro atoms. The Labute approximate surface area is 225 Å². The number of carbonyl (C=O) groups excluding carboxylic acids is 2. The number of nitro groups is 1. The lowest BCUT2D eigenvalue weighted by atomic mass is 9.96. The maximum Gasteiger partial charge on any atom is 0.432 e. The summed E-state index contributed by atoms with van der Waals surface area (Å²) in [5.41, 5.74) is -4.14. The molecule has 0 bridgehead atoms. The Kier molecular flexibility index (Phi) is 8.25. The number of hydrogen-bond acceptors (Lipinski definition) is 11. The number of H-pyrrole nitrogens is 1. The lowest BCUT2D eigenvalue weighted by molar-refractivity contribution is -0.393. The van der Waals surface area contributed by atoms with Crippen LogP contribution in [0.15, 0.2) is 35.4 Å². The average molecular weight is 568 g/mol. The van der Waals surface area contributed by atoms with Crippen molar-refractivity contribution in [2.75, 3.05) is 0 Å². The van der Waals surface area contributed by atoms with Gasteiger partial charge in [0.2, 0.25) is 9.84 Å². The molecule has 1 fully saturated rings. The zero-order valence-corrected chi connectivity index (χ0v) is 23.5. The third-order valence-electron chi connectivity index (χ3n) is 6.01. The van der Waals surface area contributed by atoms with E-state index in [4.69, 9.17) is 14.2 Å². The largest absolute Gasteiger partial charge is 0.455 e. The van der Waals surface area contributed by atoms with Crippen molar-refractivity contribution >= 4 is 27.7 Å². The number of hydrogen-bond donors (Lipinski definition) is 2. The highest BCUT2D eigenvalue weighted by atomic mass is 32.2. The summed E-state index contributed by atoms with van der Waals surface area (Å²) in [6.07, 6.45) is -5.16. The van der Waals surface area contributed by atoms with E-state index in [-0.39, 0.29) is 10.6 Å². The SMILES string of the molecule is Cc1ccccc1S(=O)(=O)C(O)[C@H]1O[C@H](c2c[nH]c([N+](=O)[O-])n2)[C@@H](OC(=O)C(C)(C)C)[C@@H]1OC(=O)C(C)(C)C.